The van der Waals surface area contributed by atoms with E-state index in [-0.39, 0.29) is 5.82 Å². The van der Waals surface area contributed by atoms with E-state index in [0.717, 1.165) is 0 Å². The molecule has 2 aromatic rings. The van der Waals surface area contributed by atoms with Crippen molar-refractivity contribution in [2.75, 3.05) is 0 Å². The zero-order valence-corrected chi connectivity index (χ0v) is 10.1. The van der Waals surface area contributed by atoms with Crippen molar-refractivity contribution < 1.29 is 9.13 Å². The maximum absolute atomic E-state index is 13.0. The Balaban J connectivity index is 2.21. The molecule has 0 bridgehead atoms. The summed E-state index contributed by atoms with van der Waals surface area (Å²) >= 11 is 4.45. The van der Waals surface area contributed by atoms with Gasteiger partial charge in [-0.1, -0.05) is 5.10 Å². The smallest absolute Gasteiger partial charge is 0.300 e. The van der Waals surface area contributed by atoms with Crippen molar-refractivity contribution in [3.63, 3.8) is 0 Å². The molecule has 0 fully saturated rings. The number of hydrogen-bond acceptors (Lipinski definition) is 4. The molecule has 1 heterocycles. The molecule has 0 aliphatic carbocycles. The summed E-state index contributed by atoms with van der Waals surface area (Å²) in [7, 11) is 0. The average molecular weight is 289 g/mol. The number of halogens is 2. The van der Waals surface area contributed by atoms with Crippen molar-refractivity contribution in [3.8, 4) is 10.9 Å². The highest BCUT2D eigenvalue weighted by atomic mass is 79.9. The summed E-state index contributed by atoms with van der Waals surface area (Å²) in [5.74, 6) is 0.304. The van der Waals surface area contributed by atoms with Crippen LogP contribution in [0.15, 0.2) is 22.1 Å². The molecular weight excluding hydrogens is 283 g/mol. The van der Waals surface area contributed by atoms with Crippen LogP contribution in [-0.2, 0) is 0 Å². The standard InChI is InChI=1S/C9H6BrFN2OS/c1-5-4-6(2-3-7(5)11)14-9-13-12-8(10)15-9/h2-4H,1H3. The highest BCUT2D eigenvalue weighted by Crippen LogP contribution is 2.28. The molecule has 0 aliphatic heterocycles. The number of aryl methyl sites for hydroxylation is 1. The molecule has 0 radical (unpaired) electrons. The van der Waals surface area contributed by atoms with Gasteiger partial charge in [-0.15, -0.1) is 5.10 Å². The predicted molar refractivity (Wildman–Crippen MR) is 58.8 cm³/mol. The summed E-state index contributed by atoms with van der Waals surface area (Å²) in [6.45, 7) is 1.68. The van der Waals surface area contributed by atoms with Gasteiger partial charge in [-0.3, -0.25) is 0 Å². The second-order valence-electron chi connectivity index (χ2n) is 2.83. The van der Waals surface area contributed by atoms with Crippen molar-refractivity contribution in [1.29, 1.82) is 0 Å². The first kappa shape index (κ1) is 10.5. The lowest BCUT2D eigenvalue weighted by Gasteiger charge is -2.02. The molecule has 15 heavy (non-hydrogen) atoms. The molecule has 0 N–H and O–H groups in total. The minimum atomic E-state index is -0.249. The molecule has 0 saturated carbocycles. The summed E-state index contributed by atoms with van der Waals surface area (Å²) in [5.41, 5.74) is 0.538. The van der Waals surface area contributed by atoms with E-state index in [4.69, 9.17) is 4.74 Å². The molecule has 3 nitrogen and oxygen atoms in total. The molecule has 0 aliphatic rings. The van der Waals surface area contributed by atoms with Gasteiger partial charge in [0.1, 0.15) is 11.6 Å². The SMILES string of the molecule is Cc1cc(Oc2nnc(Br)s2)ccc1F. The lowest BCUT2D eigenvalue weighted by atomic mass is 10.2. The van der Waals surface area contributed by atoms with Crippen LogP contribution in [0.3, 0.4) is 0 Å². The van der Waals surface area contributed by atoms with Crippen LogP contribution >= 0.6 is 27.3 Å². The fraction of sp³-hybridized carbons (Fsp3) is 0.111. The van der Waals surface area contributed by atoms with E-state index < -0.39 is 0 Å². The van der Waals surface area contributed by atoms with E-state index in [1.807, 2.05) is 0 Å². The maximum atomic E-state index is 13.0. The summed E-state index contributed by atoms with van der Waals surface area (Å²) in [4.78, 5) is 0. The monoisotopic (exact) mass is 288 g/mol. The van der Waals surface area contributed by atoms with E-state index in [0.29, 0.717) is 20.4 Å². The van der Waals surface area contributed by atoms with Crippen LogP contribution in [0.5, 0.6) is 10.9 Å². The van der Waals surface area contributed by atoms with Gasteiger partial charge < -0.3 is 4.74 Å². The van der Waals surface area contributed by atoms with Gasteiger partial charge in [0.2, 0.25) is 0 Å². The molecule has 1 aromatic carbocycles. The second-order valence-corrected chi connectivity index (χ2v) is 5.05. The van der Waals surface area contributed by atoms with Crippen molar-refractivity contribution in [1.82, 2.24) is 10.2 Å². The molecule has 6 heteroatoms. The molecular formula is C9H6BrFN2OS. The number of ether oxygens (including phenoxy) is 1. The van der Waals surface area contributed by atoms with Crippen molar-refractivity contribution in [2.24, 2.45) is 0 Å². The molecule has 0 spiro atoms. The first-order valence-electron chi connectivity index (χ1n) is 4.08. The average Bonchev–Trinajstić information content (AvgIpc) is 2.58. The number of hydrogen-bond donors (Lipinski definition) is 0. The van der Waals surface area contributed by atoms with Gasteiger partial charge in [0.05, 0.1) is 0 Å². The van der Waals surface area contributed by atoms with Gasteiger partial charge in [-0.25, -0.2) is 4.39 Å². The Bertz CT molecular complexity index is 489. The Labute approximate surface area is 98.0 Å². The Morgan fingerprint density at radius 2 is 2.20 bits per heavy atom. The zero-order valence-electron chi connectivity index (χ0n) is 7.70. The Kier molecular flexibility index (Phi) is 2.97. The largest absolute Gasteiger partial charge is 0.430 e. The number of rotatable bonds is 2. The fourth-order valence-corrected chi connectivity index (χ4v) is 1.96. The van der Waals surface area contributed by atoms with Crippen molar-refractivity contribution in [3.05, 3.63) is 33.5 Å². The maximum Gasteiger partial charge on any atom is 0.300 e. The highest BCUT2D eigenvalue weighted by molar-refractivity contribution is 9.11. The van der Waals surface area contributed by atoms with Gasteiger partial charge in [-0.2, -0.15) is 0 Å². The summed E-state index contributed by atoms with van der Waals surface area (Å²) < 4.78 is 19.0. The van der Waals surface area contributed by atoms with E-state index in [1.54, 1.807) is 19.1 Å². The van der Waals surface area contributed by atoms with E-state index in [9.17, 15) is 4.39 Å². The quantitative estimate of drug-likeness (QED) is 0.848. The van der Waals surface area contributed by atoms with Crippen LogP contribution in [-0.4, -0.2) is 10.2 Å². The molecule has 1 aromatic heterocycles. The van der Waals surface area contributed by atoms with Crippen molar-refractivity contribution in [2.45, 2.75) is 6.92 Å². The Morgan fingerprint density at radius 3 is 2.80 bits per heavy atom. The van der Waals surface area contributed by atoms with Crippen LogP contribution in [0.25, 0.3) is 0 Å². The van der Waals surface area contributed by atoms with E-state index in [2.05, 4.69) is 26.1 Å². The lowest BCUT2D eigenvalue weighted by molar-refractivity contribution is 0.470. The van der Waals surface area contributed by atoms with E-state index in [1.165, 1.54) is 17.4 Å². The molecule has 0 atom stereocenters. The number of benzene rings is 1. The molecule has 2 rings (SSSR count). The first-order valence-corrected chi connectivity index (χ1v) is 5.69. The molecule has 0 unspecified atom stereocenters. The second kappa shape index (κ2) is 4.24. The van der Waals surface area contributed by atoms with Gasteiger partial charge in [0.15, 0.2) is 3.92 Å². The summed E-state index contributed by atoms with van der Waals surface area (Å²) in [6, 6.07) is 4.53. The Hall–Kier alpha value is -1.01. The summed E-state index contributed by atoms with van der Waals surface area (Å²) in [5, 5.41) is 7.93. The minimum absolute atomic E-state index is 0.249. The van der Waals surface area contributed by atoms with Crippen LogP contribution in [0.1, 0.15) is 5.56 Å². The van der Waals surface area contributed by atoms with Crippen LogP contribution in [0, 0.1) is 12.7 Å². The first-order chi connectivity index (χ1) is 7.15. The molecule has 0 saturated heterocycles. The van der Waals surface area contributed by atoms with Gasteiger partial charge in [0, 0.05) is 0 Å². The zero-order chi connectivity index (χ0) is 10.8. The normalized spacial score (nSPS) is 10.3. The number of aromatic nitrogens is 2. The molecule has 0 amide bonds. The van der Waals surface area contributed by atoms with E-state index >= 15 is 0 Å². The molecule has 78 valence electrons. The third-order valence-corrected chi connectivity index (χ3v) is 2.95. The number of nitrogens with zero attached hydrogens (tertiary/aromatic N) is 2. The van der Waals surface area contributed by atoms with Crippen LogP contribution in [0.4, 0.5) is 4.39 Å². The third-order valence-electron chi connectivity index (χ3n) is 1.72. The topological polar surface area (TPSA) is 35.0 Å². The highest BCUT2D eigenvalue weighted by Gasteiger charge is 2.05. The predicted octanol–water partition coefficient (Wildman–Crippen LogP) is 3.54. The summed E-state index contributed by atoms with van der Waals surface area (Å²) in [6.07, 6.45) is 0. The van der Waals surface area contributed by atoms with Crippen molar-refractivity contribution >= 4 is 27.3 Å². The van der Waals surface area contributed by atoms with Gasteiger partial charge >= 0.3 is 0 Å². The minimum Gasteiger partial charge on any atom is -0.430 e. The van der Waals surface area contributed by atoms with Crippen LogP contribution < -0.4 is 4.74 Å². The van der Waals surface area contributed by atoms with Gasteiger partial charge in [0.25, 0.3) is 5.19 Å². The van der Waals surface area contributed by atoms with Crippen LogP contribution in [0.2, 0.25) is 0 Å². The van der Waals surface area contributed by atoms with Gasteiger partial charge in [-0.05, 0) is 58.0 Å². The Morgan fingerprint density at radius 1 is 1.40 bits per heavy atom. The fourth-order valence-electron chi connectivity index (χ4n) is 1.02. The lowest BCUT2D eigenvalue weighted by Crippen LogP contribution is -1.86. The third kappa shape index (κ3) is 2.51.